The molecule has 1 atom stereocenters. The van der Waals surface area contributed by atoms with Gasteiger partial charge in [0.2, 0.25) is 5.91 Å². The van der Waals surface area contributed by atoms with Crippen LogP contribution in [-0.2, 0) is 9.59 Å². The van der Waals surface area contributed by atoms with Gasteiger partial charge in [-0.15, -0.1) is 0 Å². The first-order valence-electron chi connectivity index (χ1n) is 7.14. The summed E-state index contributed by atoms with van der Waals surface area (Å²) in [7, 11) is 0. The number of rotatable bonds is 1. The van der Waals surface area contributed by atoms with Crippen molar-refractivity contribution in [3.05, 3.63) is 41.7 Å². The number of nitrogens with one attached hydrogen (secondary N) is 2. The van der Waals surface area contributed by atoms with Crippen molar-refractivity contribution in [3.8, 4) is 0 Å². The molecule has 106 valence electrons. The van der Waals surface area contributed by atoms with Crippen molar-refractivity contribution >= 4 is 28.8 Å². The molecule has 1 aromatic carbocycles. The summed E-state index contributed by atoms with van der Waals surface area (Å²) in [6.07, 6.45) is 5.27. The molecule has 2 aliphatic heterocycles. The molecule has 21 heavy (non-hydrogen) atoms. The number of benzene rings is 1. The van der Waals surface area contributed by atoms with Crippen molar-refractivity contribution in [2.75, 3.05) is 6.54 Å². The normalized spacial score (nSPS) is 23.7. The fourth-order valence-electron chi connectivity index (χ4n) is 3.17. The topological polar surface area (TPSA) is 65.2 Å². The molecule has 0 aliphatic carbocycles. The summed E-state index contributed by atoms with van der Waals surface area (Å²) in [5, 5.41) is 3.80. The molecule has 2 N–H and O–H groups in total. The summed E-state index contributed by atoms with van der Waals surface area (Å²) in [6.45, 7) is 0.669. The number of amides is 2. The molecule has 0 unspecified atom stereocenters. The quantitative estimate of drug-likeness (QED) is 0.780. The molecule has 0 bridgehead atoms. The van der Waals surface area contributed by atoms with E-state index in [0.29, 0.717) is 12.2 Å². The van der Waals surface area contributed by atoms with Gasteiger partial charge in [-0.25, -0.2) is 0 Å². The van der Waals surface area contributed by atoms with Gasteiger partial charge < -0.3 is 15.2 Å². The molecule has 4 rings (SSSR count). The molecule has 0 radical (unpaired) electrons. The van der Waals surface area contributed by atoms with E-state index in [1.807, 2.05) is 30.5 Å². The Bertz CT molecular complexity index is 775. The summed E-state index contributed by atoms with van der Waals surface area (Å²) in [6, 6.07) is 7.60. The minimum absolute atomic E-state index is 0.0711. The highest BCUT2D eigenvalue weighted by Gasteiger charge is 2.40. The second-order valence-corrected chi connectivity index (χ2v) is 5.49. The molecule has 2 aromatic rings. The van der Waals surface area contributed by atoms with Crippen LogP contribution in [0.2, 0.25) is 0 Å². The van der Waals surface area contributed by atoms with Crippen molar-refractivity contribution < 1.29 is 9.59 Å². The Kier molecular flexibility index (Phi) is 2.60. The highest BCUT2D eigenvalue weighted by Crippen LogP contribution is 2.26. The van der Waals surface area contributed by atoms with Crippen molar-refractivity contribution in [3.63, 3.8) is 0 Å². The summed E-state index contributed by atoms with van der Waals surface area (Å²) in [5.41, 5.74) is 2.28. The maximum absolute atomic E-state index is 12.4. The lowest BCUT2D eigenvalue weighted by Gasteiger charge is -2.30. The zero-order valence-corrected chi connectivity index (χ0v) is 11.4. The van der Waals surface area contributed by atoms with Crippen LogP contribution in [0, 0.1) is 0 Å². The largest absolute Gasteiger partial charge is 0.361 e. The Balaban J connectivity index is 1.75. The number of nitrogens with zero attached hydrogens (tertiary/aromatic N) is 1. The fraction of sp³-hybridized carbons (Fsp3) is 0.250. The van der Waals surface area contributed by atoms with E-state index in [4.69, 9.17) is 0 Å². The number of carbonyl (C=O) groups excluding carboxylic acids is 2. The Hall–Kier alpha value is -2.56. The number of aromatic amines is 1. The zero-order valence-electron chi connectivity index (χ0n) is 11.4. The molecular formula is C16H15N3O2. The van der Waals surface area contributed by atoms with E-state index < -0.39 is 0 Å². The molecule has 2 saturated heterocycles. The molecule has 5 heteroatoms. The first-order valence-corrected chi connectivity index (χ1v) is 7.14. The van der Waals surface area contributed by atoms with Crippen LogP contribution >= 0.6 is 0 Å². The molecule has 5 nitrogen and oxygen atoms in total. The molecule has 2 aliphatic rings. The lowest BCUT2D eigenvalue weighted by molar-refractivity contribution is -0.140. The number of fused-ring (bicyclic) bond motifs is 2. The van der Waals surface area contributed by atoms with Crippen LogP contribution in [0.25, 0.3) is 17.0 Å². The molecular weight excluding hydrogens is 266 g/mol. The molecule has 2 fully saturated rings. The van der Waals surface area contributed by atoms with Gasteiger partial charge in [-0.1, -0.05) is 18.2 Å². The van der Waals surface area contributed by atoms with Crippen molar-refractivity contribution in [1.29, 1.82) is 0 Å². The smallest absolute Gasteiger partial charge is 0.271 e. The minimum Gasteiger partial charge on any atom is -0.361 e. The predicted molar refractivity (Wildman–Crippen MR) is 79.2 cm³/mol. The van der Waals surface area contributed by atoms with Gasteiger partial charge in [0, 0.05) is 29.2 Å². The molecule has 1 aromatic heterocycles. The van der Waals surface area contributed by atoms with Crippen LogP contribution in [0.1, 0.15) is 18.4 Å². The van der Waals surface area contributed by atoms with Crippen molar-refractivity contribution in [2.45, 2.75) is 18.9 Å². The molecule has 2 amide bonds. The van der Waals surface area contributed by atoms with E-state index in [1.54, 1.807) is 11.0 Å². The summed E-state index contributed by atoms with van der Waals surface area (Å²) >= 11 is 0. The highest BCUT2D eigenvalue weighted by atomic mass is 16.2. The summed E-state index contributed by atoms with van der Waals surface area (Å²) in [4.78, 5) is 29.4. The summed E-state index contributed by atoms with van der Waals surface area (Å²) in [5.74, 6) is -0.152. The lowest BCUT2D eigenvalue weighted by atomic mass is 10.1. The van der Waals surface area contributed by atoms with E-state index in [2.05, 4.69) is 10.3 Å². The Morgan fingerprint density at radius 2 is 2.10 bits per heavy atom. The van der Waals surface area contributed by atoms with Crippen LogP contribution in [-0.4, -0.2) is 34.3 Å². The van der Waals surface area contributed by atoms with Gasteiger partial charge in [0.15, 0.2) is 0 Å². The number of para-hydroxylation sites is 1. The second-order valence-electron chi connectivity index (χ2n) is 5.49. The molecule has 0 saturated carbocycles. The van der Waals surface area contributed by atoms with Gasteiger partial charge in [-0.2, -0.15) is 0 Å². The SMILES string of the molecule is O=C1N/C(=C\c2c[nH]c3ccccc23)C(=O)N2CCC[C@@H]12. The van der Waals surface area contributed by atoms with Crippen LogP contribution in [0.4, 0.5) is 0 Å². The van der Waals surface area contributed by atoms with Gasteiger partial charge >= 0.3 is 0 Å². The Labute approximate surface area is 121 Å². The average molecular weight is 281 g/mol. The van der Waals surface area contributed by atoms with E-state index in [9.17, 15) is 9.59 Å². The number of carbonyl (C=O) groups is 2. The third kappa shape index (κ3) is 1.85. The molecule has 3 heterocycles. The second kappa shape index (κ2) is 4.48. The van der Waals surface area contributed by atoms with Gasteiger partial charge in [0.25, 0.3) is 5.91 Å². The molecule has 0 spiro atoms. The number of hydrogen-bond acceptors (Lipinski definition) is 2. The van der Waals surface area contributed by atoms with Crippen molar-refractivity contribution in [2.24, 2.45) is 0 Å². The Morgan fingerprint density at radius 1 is 1.24 bits per heavy atom. The average Bonchev–Trinajstić information content (AvgIpc) is 3.12. The third-order valence-electron chi connectivity index (χ3n) is 4.23. The van der Waals surface area contributed by atoms with E-state index in [1.165, 1.54) is 0 Å². The van der Waals surface area contributed by atoms with Crippen LogP contribution in [0.3, 0.4) is 0 Å². The van der Waals surface area contributed by atoms with Gasteiger partial charge in [0.05, 0.1) is 0 Å². The number of hydrogen-bond donors (Lipinski definition) is 2. The third-order valence-corrected chi connectivity index (χ3v) is 4.23. The van der Waals surface area contributed by atoms with Gasteiger partial charge in [-0.05, 0) is 25.0 Å². The van der Waals surface area contributed by atoms with Gasteiger partial charge in [0.1, 0.15) is 11.7 Å². The van der Waals surface area contributed by atoms with Crippen molar-refractivity contribution in [1.82, 2.24) is 15.2 Å². The number of piperazine rings is 1. The van der Waals surface area contributed by atoms with Crippen LogP contribution < -0.4 is 5.32 Å². The predicted octanol–water partition coefficient (Wildman–Crippen LogP) is 1.63. The van der Waals surface area contributed by atoms with Crippen LogP contribution in [0.15, 0.2) is 36.2 Å². The first kappa shape index (κ1) is 12.2. The highest BCUT2D eigenvalue weighted by molar-refractivity contribution is 6.08. The van der Waals surface area contributed by atoms with Gasteiger partial charge in [-0.3, -0.25) is 9.59 Å². The fourth-order valence-corrected chi connectivity index (χ4v) is 3.17. The van der Waals surface area contributed by atoms with E-state index in [-0.39, 0.29) is 17.9 Å². The van der Waals surface area contributed by atoms with Crippen LogP contribution in [0.5, 0.6) is 0 Å². The Morgan fingerprint density at radius 3 is 3.00 bits per heavy atom. The monoisotopic (exact) mass is 281 g/mol. The maximum atomic E-state index is 12.4. The maximum Gasteiger partial charge on any atom is 0.271 e. The standard InChI is InChI=1S/C16H15N3O2/c20-15-14-6-3-7-19(14)16(21)13(18-15)8-10-9-17-12-5-2-1-4-11(10)12/h1-2,4-5,8-9,14,17H,3,6-7H2,(H,18,20)/b13-8-/t14-/m0/s1. The zero-order chi connectivity index (χ0) is 14.4. The van der Waals surface area contributed by atoms with E-state index >= 15 is 0 Å². The minimum atomic E-state index is -0.280. The lowest BCUT2D eigenvalue weighted by Crippen LogP contribution is -2.53. The van der Waals surface area contributed by atoms with E-state index in [0.717, 1.165) is 29.3 Å². The summed E-state index contributed by atoms with van der Waals surface area (Å²) < 4.78 is 0. The number of aromatic nitrogens is 1. The first-order chi connectivity index (χ1) is 10.2. The number of H-pyrrole nitrogens is 1.